The lowest BCUT2D eigenvalue weighted by atomic mass is 10.1. The summed E-state index contributed by atoms with van der Waals surface area (Å²) < 4.78 is 9.87. The number of hydrogen-bond donors (Lipinski definition) is 3. The van der Waals surface area contributed by atoms with Crippen molar-refractivity contribution >= 4 is 11.9 Å². The van der Waals surface area contributed by atoms with Crippen LogP contribution in [0.3, 0.4) is 0 Å². The molecule has 0 heterocycles. The number of aliphatic hydroxyl groups excluding tert-OH is 1. The molecule has 22 heavy (non-hydrogen) atoms. The van der Waals surface area contributed by atoms with Gasteiger partial charge in [0.25, 0.3) is 0 Å². The van der Waals surface area contributed by atoms with Gasteiger partial charge in [0.05, 0.1) is 26.4 Å². The molecule has 0 radical (unpaired) electrons. The summed E-state index contributed by atoms with van der Waals surface area (Å²) in [5.41, 5.74) is 6.67. The molecule has 0 bridgehead atoms. The molecule has 0 spiro atoms. The number of aliphatic hydroxyl groups is 1. The second-order valence-electron chi connectivity index (χ2n) is 4.86. The third-order valence-corrected chi connectivity index (χ3v) is 2.98. The SMILES string of the molecule is COC(=O)[C@H](NC(=O)[C@H](N)COCc1ccccc1)[C@@H](C)O. The van der Waals surface area contributed by atoms with E-state index in [0.717, 1.165) is 5.56 Å². The molecule has 0 aromatic heterocycles. The van der Waals surface area contributed by atoms with Crippen molar-refractivity contribution in [3.8, 4) is 0 Å². The number of nitrogens with one attached hydrogen (secondary N) is 1. The van der Waals surface area contributed by atoms with E-state index < -0.39 is 30.1 Å². The smallest absolute Gasteiger partial charge is 0.331 e. The monoisotopic (exact) mass is 310 g/mol. The largest absolute Gasteiger partial charge is 0.467 e. The van der Waals surface area contributed by atoms with Crippen molar-refractivity contribution < 1.29 is 24.2 Å². The van der Waals surface area contributed by atoms with Crippen LogP contribution in [0, 0.1) is 0 Å². The molecule has 7 nitrogen and oxygen atoms in total. The summed E-state index contributed by atoms with van der Waals surface area (Å²) >= 11 is 0. The van der Waals surface area contributed by atoms with E-state index in [4.69, 9.17) is 10.5 Å². The van der Waals surface area contributed by atoms with E-state index in [-0.39, 0.29) is 6.61 Å². The van der Waals surface area contributed by atoms with Crippen LogP contribution >= 0.6 is 0 Å². The van der Waals surface area contributed by atoms with Crippen molar-refractivity contribution in [3.05, 3.63) is 35.9 Å². The molecule has 0 aliphatic heterocycles. The van der Waals surface area contributed by atoms with Crippen molar-refractivity contribution in [1.82, 2.24) is 5.32 Å². The summed E-state index contributed by atoms with van der Waals surface area (Å²) in [6.07, 6.45) is -1.09. The lowest BCUT2D eigenvalue weighted by molar-refractivity contribution is -0.148. The van der Waals surface area contributed by atoms with E-state index in [1.54, 1.807) is 0 Å². The van der Waals surface area contributed by atoms with Gasteiger partial charge in [-0.3, -0.25) is 4.79 Å². The number of nitrogens with two attached hydrogens (primary N) is 1. The fraction of sp³-hybridized carbons (Fsp3) is 0.467. The maximum atomic E-state index is 11.9. The van der Waals surface area contributed by atoms with Crippen LogP contribution in [0.25, 0.3) is 0 Å². The zero-order valence-electron chi connectivity index (χ0n) is 12.7. The quantitative estimate of drug-likeness (QED) is 0.562. The Hall–Kier alpha value is -1.96. The zero-order chi connectivity index (χ0) is 16.5. The highest BCUT2D eigenvalue weighted by Crippen LogP contribution is 2.01. The summed E-state index contributed by atoms with van der Waals surface area (Å²) in [6, 6.07) is 7.35. The van der Waals surface area contributed by atoms with Crippen molar-refractivity contribution in [1.29, 1.82) is 0 Å². The molecule has 7 heteroatoms. The van der Waals surface area contributed by atoms with E-state index in [0.29, 0.717) is 6.61 Å². The van der Waals surface area contributed by atoms with E-state index in [1.165, 1.54) is 14.0 Å². The molecule has 1 amide bonds. The highest BCUT2D eigenvalue weighted by Gasteiger charge is 2.28. The summed E-state index contributed by atoms with van der Waals surface area (Å²) in [7, 11) is 1.17. The number of esters is 1. The van der Waals surface area contributed by atoms with E-state index >= 15 is 0 Å². The molecule has 0 unspecified atom stereocenters. The Labute approximate surface area is 129 Å². The van der Waals surface area contributed by atoms with Gasteiger partial charge in [0.15, 0.2) is 6.04 Å². The van der Waals surface area contributed by atoms with Gasteiger partial charge in [-0.1, -0.05) is 30.3 Å². The Bertz CT molecular complexity index is 478. The van der Waals surface area contributed by atoms with Gasteiger partial charge in [0.1, 0.15) is 6.04 Å². The van der Waals surface area contributed by atoms with E-state index in [2.05, 4.69) is 10.1 Å². The summed E-state index contributed by atoms with van der Waals surface area (Å²) in [4.78, 5) is 23.3. The number of carbonyl (C=O) groups excluding carboxylic acids is 2. The average molecular weight is 310 g/mol. The van der Waals surface area contributed by atoms with Gasteiger partial charge in [0.2, 0.25) is 5.91 Å². The second-order valence-corrected chi connectivity index (χ2v) is 4.86. The Morgan fingerprint density at radius 1 is 1.32 bits per heavy atom. The molecule has 4 N–H and O–H groups in total. The van der Waals surface area contributed by atoms with Crippen LogP contribution in [0.2, 0.25) is 0 Å². The molecule has 0 fully saturated rings. The number of benzene rings is 1. The first-order valence-corrected chi connectivity index (χ1v) is 6.89. The zero-order valence-corrected chi connectivity index (χ0v) is 12.7. The molecule has 0 saturated carbocycles. The lowest BCUT2D eigenvalue weighted by Crippen LogP contribution is -2.54. The minimum Gasteiger partial charge on any atom is -0.467 e. The average Bonchev–Trinajstić information content (AvgIpc) is 2.52. The maximum Gasteiger partial charge on any atom is 0.331 e. The number of rotatable bonds is 8. The first kappa shape index (κ1) is 18.1. The summed E-state index contributed by atoms with van der Waals surface area (Å²) in [5, 5.41) is 11.8. The number of methoxy groups -OCH3 is 1. The van der Waals surface area contributed by atoms with Crippen molar-refractivity contribution in [2.24, 2.45) is 5.73 Å². The standard InChI is InChI=1S/C15H22N2O5/c1-10(18)13(15(20)21-2)17-14(19)12(16)9-22-8-11-6-4-3-5-7-11/h3-7,10,12-13,18H,8-9,16H2,1-2H3,(H,17,19)/t10-,12-,13-/m1/s1. The molecular formula is C15H22N2O5. The topological polar surface area (TPSA) is 111 Å². The number of amides is 1. The molecule has 0 aliphatic rings. The van der Waals surface area contributed by atoms with Crippen molar-refractivity contribution in [2.45, 2.75) is 31.7 Å². The fourth-order valence-corrected chi connectivity index (χ4v) is 1.72. The van der Waals surface area contributed by atoms with E-state index in [1.807, 2.05) is 30.3 Å². The molecule has 1 rings (SSSR count). The van der Waals surface area contributed by atoms with Crippen LogP contribution in [0.15, 0.2) is 30.3 Å². The summed E-state index contributed by atoms with van der Waals surface area (Å²) in [6.45, 7) is 1.70. The Morgan fingerprint density at radius 2 is 1.95 bits per heavy atom. The van der Waals surface area contributed by atoms with Crippen LogP contribution in [-0.2, 0) is 25.7 Å². The minimum atomic E-state index is -1.15. The molecule has 0 aliphatic carbocycles. The highest BCUT2D eigenvalue weighted by atomic mass is 16.5. The number of hydrogen-bond acceptors (Lipinski definition) is 6. The predicted molar refractivity (Wildman–Crippen MR) is 79.7 cm³/mol. The first-order chi connectivity index (χ1) is 10.5. The fourth-order valence-electron chi connectivity index (χ4n) is 1.72. The number of ether oxygens (including phenoxy) is 2. The van der Waals surface area contributed by atoms with Crippen molar-refractivity contribution in [2.75, 3.05) is 13.7 Å². The van der Waals surface area contributed by atoms with Gasteiger partial charge in [-0.15, -0.1) is 0 Å². The third kappa shape index (κ3) is 5.80. The van der Waals surface area contributed by atoms with Gasteiger partial charge in [-0.25, -0.2) is 4.79 Å². The molecule has 0 saturated heterocycles. The Morgan fingerprint density at radius 3 is 2.50 bits per heavy atom. The predicted octanol–water partition coefficient (Wildman–Crippen LogP) is -0.431. The molecule has 3 atom stereocenters. The molecule has 1 aromatic rings. The van der Waals surface area contributed by atoms with Crippen LogP contribution in [-0.4, -0.2) is 48.9 Å². The number of carbonyl (C=O) groups is 2. The lowest BCUT2D eigenvalue weighted by Gasteiger charge is -2.21. The highest BCUT2D eigenvalue weighted by molar-refractivity contribution is 5.87. The maximum absolute atomic E-state index is 11.9. The third-order valence-electron chi connectivity index (χ3n) is 2.98. The van der Waals surface area contributed by atoms with Gasteiger partial charge in [0, 0.05) is 0 Å². The van der Waals surface area contributed by atoms with Gasteiger partial charge in [-0.2, -0.15) is 0 Å². The molecular weight excluding hydrogens is 288 g/mol. The van der Waals surface area contributed by atoms with Gasteiger partial charge in [-0.05, 0) is 12.5 Å². The van der Waals surface area contributed by atoms with Crippen LogP contribution in [0.5, 0.6) is 0 Å². The van der Waals surface area contributed by atoms with Crippen LogP contribution in [0.1, 0.15) is 12.5 Å². The van der Waals surface area contributed by atoms with Crippen LogP contribution < -0.4 is 11.1 Å². The first-order valence-electron chi connectivity index (χ1n) is 6.89. The summed E-state index contributed by atoms with van der Waals surface area (Å²) in [5.74, 6) is -1.33. The van der Waals surface area contributed by atoms with Gasteiger partial charge < -0.3 is 25.6 Å². The second kappa shape index (κ2) is 9.14. The normalized spacial score (nSPS) is 14.7. The minimum absolute atomic E-state index is 0.00553. The molecule has 122 valence electrons. The molecule has 1 aromatic carbocycles. The Kier molecular flexibility index (Phi) is 7.51. The Balaban J connectivity index is 2.42. The van der Waals surface area contributed by atoms with E-state index in [9.17, 15) is 14.7 Å². The van der Waals surface area contributed by atoms with Gasteiger partial charge >= 0.3 is 5.97 Å². The van der Waals surface area contributed by atoms with Crippen LogP contribution in [0.4, 0.5) is 0 Å². The van der Waals surface area contributed by atoms with Crippen molar-refractivity contribution in [3.63, 3.8) is 0 Å².